The van der Waals surface area contributed by atoms with Crippen LogP contribution in [-0.4, -0.2) is 29.1 Å². The summed E-state index contributed by atoms with van der Waals surface area (Å²) < 4.78 is 44.4. The molecular formula is C19H21F3N2O. The molecule has 3 nitrogen and oxygen atoms in total. The number of aromatic nitrogens is 1. The van der Waals surface area contributed by atoms with Crippen LogP contribution in [0.1, 0.15) is 29.7 Å². The van der Waals surface area contributed by atoms with Crippen molar-refractivity contribution in [1.82, 2.24) is 9.88 Å². The van der Waals surface area contributed by atoms with Gasteiger partial charge in [0, 0.05) is 19.3 Å². The van der Waals surface area contributed by atoms with Gasteiger partial charge in [-0.15, -0.1) is 0 Å². The van der Waals surface area contributed by atoms with Crippen molar-refractivity contribution in [3.05, 3.63) is 65.5 Å². The van der Waals surface area contributed by atoms with Crippen LogP contribution < -0.4 is 0 Å². The van der Waals surface area contributed by atoms with Gasteiger partial charge in [-0.2, -0.15) is 13.2 Å². The van der Waals surface area contributed by atoms with Crippen LogP contribution in [0.15, 0.2) is 48.7 Å². The Morgan fingerprint density at radius 1 is 1.16 bits per heavy atom. The highest BCUT2D eigenvalue weighted by molar-refractivity contribution is 5.25. The number of halogens is 3. The maximum Gasteiger partial charge on any atom is 0.416 e. The molecule has 0 amide bonds. The second-order valence-electron chi connectivity index (χ2n) is 6.33. The number of hydrogen-bond acceptors (Lipinski definition) is 3. The first-order valence-corrected chi connectivity index (χ1v) is 8.41. The number of rotatable bonds is 5. The lowest BCUT2D eigenvalue weighted by Crippen LogP contribution is -2.39. The Morgan fingerprint density at radius 2 is 2.04 bits per heavy atom. The molecule has 2 aromatic rings. The van der Waals surface area contributed by atoms with Crippen LogP contribution >= 0.6 is 0 Å². The van der Waals surface area contributed by atoms with Crippen molar-refractivity contribution >= 4 is 0 Å². The lowest BCUT2D eigenvalue weighted by molar-refractivity contribution is -0.137. The number of alkyl halides is 3. The molecule has 0 spiro atoms. The van der Waals surface area contributed by atoms with Crippen molar-refractivity contribution in [3.8, 4) is 0 Å². The summed E-state index contributed by atoms with van der Waals surface area (Å²) in [6, 6.07) is 11.3. The van der Waals surface area contributed by atoms with E-state index < -0.39 is 11.7 Å². The normalized spacial score (nSPS) is 19.1. The van der Waals surface area contributed by atoms with E-state index in [-0.39, 0.29) is 6.10 Å². The van der Waals surface area contributed by atoms with Crippen molar-refractivity contribution in [2.75, 3.05) is 13.1 Å². The van der Waals surface area contributed by atoms with Gasteiger partial charge in [0.15, 0.2) is 0 Å². The molecule has 0 aliphatic carbocycles. The van der Waals surface area contributed by atoms with E-state index in [1.165, 1.54) is 12.1 Å². The molecular weight excluding hydrogens is 329 g/mol. The molecule has 3 rings (SSSR count). The maximum atomic E-state index is 12.8. The Labute approximate surface area is 145 Å². The van der Waals surface area contributed by atoms with E-state index >= 15 is 0 Å². The predicted octanol–water partition coefficient (Wildman–Crippen LogP) is 4.28. The molecule has 25 heavy (non-hydrogen) atoms. The average molecular weight is 350 g/mol. The highest BCUT2D eigenvalue weighted by Gasteiger charge is 2.30. The van der Waals surface area contributed by atoms with Gasteiger partial charge < -0.3 is 4.74 Å². The molecule has 0 N–H and O–H groups in total. The molecule has 1 aromatic carbocycles. The van der Waals surface area contributed by atoms with E-state index in [0.29, 0.717) is 18.7 Å². The Morgan fingerprint density at radius 3 is 2.80 bits per heavy atom. The van der Waals surface area contributed by atoms with Gasteiger partial charge in [-0.05, 0) is 43.1 Å². The van der Waals surface area contributed by atoms with Gasteiger partial charge in [0.25, 0.3) is 0 Å². The highest BCUT2D eigenvalue weighted by atomic mass is 19.4. The molecule has 1 saturated heterocycles. The van der Waals surface area contributed by atoms with Crippen LogP contribution in [-0.2, 0) is 24.1 Å². The Kier molecular flexibility index (Phi) is 5.71. The second-order valence-corrected chi connectivity index (χ2v) is 6.33. The molecule has 0 radical (unpaired) electrons. The van der Waals surface area contributed by atoms with Gasteiger partial charge >= 0.3 is 6.18 Å². The topological polar surface area (TPSA) is 25.4 Å². The smallest absolute Gasteiger partial charge is 0.371 e. The molecule has 1 unspecified atom stereocenters. The summed E-state index contributed by atoms with van der Waals surface area (Å²) in [4.78, 5) is 6.39. The number of nitrogens with zero attached hydrogens (tertiary/aromatic N) is 2. The zero-order chi connectivity index (χ0) is 17.7. The lowest BCUT2D eigenvalue weighted by atomic mass is 10.1. The second kappa shape index (κ2) is 7.97. The quantitative estimate of drug-likeness (QED) is 0.805. The number of ether oxygens (including phenoxy) is 1. The number of likely N-dealkylation sites (tertiary alicyclic amines) is 1. The third kappa shape index (κ3) is 5.28. The standard InChI is InChI=1S/C19H21F3N2O/c20-19(21,22)16-6-3-5-15(11-16)12-24-10-4-8-18(13-24)25-14-17-7-1-2-9-23-17/h1-3,5-7,9,11,18H,4,8,10,12-14H2. The molecule has 1 atom stereocenters. The molecule has 1 aliphatic rings. The summed E-state index contributed by atoms with van der Waals surface area (Å²) in [5.74, 6) is 0. The zero-order valence-corrected chi connectivity index (χ0v) is 13.9. The lowest BCUT2D eigenvalue weighted by Gasteiger charge is -2.32. The fourth-order valence-electron chi connectivity index (χ4n) is 3.08. The number of pyridine rings is 1. The minimum Gasteiger partial charge on any atom is -0.371 e. The van der Waals surface area contributed by atoms with E-state index in [1.54, 1.807) is 12.3 Å². The monoisotopic (exact) mass is 350 g/mol. The van der Waals surface area contributed by atoms with Gasteiger partial charge in [-0.1, -0.05) is 24.3 Å². The number of piperidine rings is 1. The predicted molar refractivity (Wildman–Crippen MR) is 88.8 cm³/mol. The van der Waals surface area contributed by atoms with Crippen LogP contribution in [0.5, 0.6) is 0 Å². The van der Waals surface area contributed by atoms with E-state index in [9.17, 15) is 13.2 Å². The zero-order valence-electron chi connectivity index (χ0n) is 13.9. The number of benzene rings is 1. The van der Waals surface area contributed by atoms with E-state index in [1.807, 2.05) is 18.2 Å². The van der Waals surface area contributed by atoms with Crippen LogP contribution in [0.4, 0.5) is 13.2 Å². The van der Waals surface area contributed by atoms with Crippen molar-refractivity contribution in [1.29, 1.82) is 0 Å². The molecule has 2 heterocycles. The summed E-state index contributed by atoms with van der Waals surface area (Å²) in [5, 5.41) is 0. The minimum atomic E-state index is -4.30. The first-order chi connectivity index (χ1) is 12.0. The van der Waals surface area contributed by atoms with Crippen LogP contribution in [0.25, 0.3) is 0 Å². The third-order valence-electron chi connectivity index (χ3n) is 4.32. The first kappa shape index (κ1) is 17.9. The summed E-state index contributed by atoms with van der Waals surface area (Å²) in [5.41, 5.74) is 0.975. The third-order valence-corrected chi connectivity index (χ3v) is 4.32. The molecule has 1 aliphatic heterocycles. The molecule has 6 heteroatoms. The Bertz CT molecular complexity index is 676. The molecule has 1 aromatic heterocycles. The van der Waals surface area contributed by atoms with Crippen LogP contribution in [0.3, 0.4) is 0 Å². The van der Waals surface area contributed by atoms with Gasteiger partial charge in [-0.3, -0.25) is 9.88 Å². The average Bonchev–Trinajstić information content (AvgIpc) is 2.61. The van der Waals surface area contributed by atoms with Crippen molar-refractivity contribution in [3.63, 3.8) is 0 Å². The summed E-state index contributed by atoms with van der Waals surface area (Å²) in [6.45, 7) is 2.57. The highest BCUT2D eigenvalue weighted by Crippen LogP contribution is 2.30. The van der Waals surface area contributed by atoms with E-state index in [2.05, 4.69) is 9.88 Å². The first-order valence-electron chi connectivity index (χ1n) is 8.41. The summed E-state index contributed by atoms with van der Waals surface area (Å²) >= 11 is 0. The summed E-state index contributed by atoms with van der Waals surface area (Å²) in [7, 11) is 0. The van der Waals surface area contributed by atoms with Gasteiger partial charge in [0.2, 0.25) is 0 Å². The fraction of sp³-hybridized carbons (Fsp3) is 0.421. The van der Waals surface area contributed by atoms with Gasteiger partial charge in [0.1, 0.15) is 0 Å². The largest absolute Gasteiger partial charge is 0.416 e. The minimum absolute atomic E-state index is 0.0848. The van der Waals surface area contributed by atoms with Crippen molar-refractivity contribution in [2.24, 2.45) is 0 Å². The number of hydrogen-bond donors (Lipinski definition) is 0. The fourth-order valence-corrected chi connectivity index (χ4v) is 3.08. The van der Waals surface area contributed by atoms with Crippen molar-refractivity contribution in [2.45, 2.75) is 38.3 Å². The van der Waals surface area contributed by atoms with Gasteiger partial charge in [0.05, 0.1) is 24.0 Å². The van der Waals surface area contributed by atoms with Crippen molar-refractivity contribution < 1.29 is 17.9 Å². The van der Waals surface area contributed by atoms with Crippen LogP contribution in [0.2, 0.25) is 0 Å². The Balaban J connectivity index is 1.55. The molecule has 134 valence electrons. The SMILES string of the molecule is FC(F)(F)c1cccc(CN2CCCC(OCc3ccccn3)C2)c1. The Hall–Kier alpha value is -1.92. The molecule has 1 fully saturated rings. The molecule has 0 saturated carbocycles. The van der Waals surface area contributed by atoms with E-state index in [0.717, 1.165) is 37.7 Å². The van der Waals surface area contributed by atoms with E-state index in [4.69, 9.17) is 4.74 Å². The maximum absolute atomic E-state index is 12.8. The summed E-state index contributed by atoms with van der Waals surface area (Å²) in [6.07, 6.45) is -0.537. The van der Waals surface area contributed by atoms with Crippen LogP contribution in [0, 0.1) is 0 Å². The molecule has 0 bridgehead atoms. The van der Waals surface area contributed by atoms with Gasteiger partial charge in [-0.25, -0.2) is 0 Å².